The van der Waals surface area contributed by atoms with Gasteiger partial charge in [0.05, 0.1) is 0 Å². The molecule has 1 aliphatic rings. The van der Waals surface area contributed by atoms with E-state index in [0.29, 0.717) is 0 Å². The van der Waals surface area contributed by atoms with E-state index in [9.17, 15) is 4.79 Å². The Kier molecular flexibility index (Phi) is 8.05. The van der Waals surface area contributed by atoms with Crippen molar-refractivity contribution in [3.63, 3.8) is 0 Å². The summed E-state index contributed by atoms with van der Waals surface area (Å²) in [5.41, 5.74) is 3.26. The molecule has 0 fully saturated rings. The normalized spacial score (nSPS) is 16.4. The lowest BCUT2D eigenvalue weighted by Crippen LogP contribution is -2.32. The van der Waals surface area contributed by atoms with E-state index < -0.39 is 0 Å². The fourth-order valence-electron chi connectivity index (χ4n) is 4.05. The topological polar surface area (TPSA) is 48.5 Å². The Bertz CT molecular complexity index is 778. The summed E-state index contributed by atoms with van der Waals surface area (Å²) in [6.07, 6.45) is 8.95. The van der Waals surface area contributed by atoms with Crippen LogP contribution in [0.5, 0.6) is 0 Å². The molecule has 5 heteroatoms. The Morgan fingerprint density at radius 2 is 1.86 bits per heavy atom. The maximum atomic E-state index is 12.4. The number of amides is 1. The molecule has 1 aliphatic heterocycles. The number of pyridine rings is 1. The summed E-state index contributed by atoms with van der Waals surface area (Å²) in [6, 6.07) is 12.2. The summed E-state index contributed by atoms with van der Waals surface area (Å²) in [5, 5.41) is 3.40. The van der Waals surface area contributed by atoms with Crippen LogP contribution in [0.25, 0.3) is 0 Å². The third-order valence-electron chi connectivity index (χ3n) is 5.48. The number of nitrogens with one attached hydrogen (secondary N) is 1. The van der Waals surface area contributed by atoms with Gasteiger partial charge in [-0.25, -0.2) is 4.98 Å². The summed E-state index contributed by atoms with van der Waals surface area (Å²) >= 11 is 0. The fourth-order valence-corrected chi connectivity index (χ4v) is 4.05. The van der Waals surface area contributed by atoms with Gasteiger partial charge < -0.3 is 10.2 Å². The van der Waals surface area contributed by atoms with Gasteiger partial charge in [-0.15, -0.1) is 0 Å². The molecule has 5 nitrogen and oxygen atoms in total. The molecule has 0 atom stereocenters. The van der Waals surface area contributed by atoms with Crippen LogP contribution in [-0.4, -0.2) is 35.4 Å². The third-order valence-corrected chi connectivity index (χ3v) is 5.48. The number of benzene rings is 1. The predicted octanol–water partition coefficient (Wildman–Crippen LogP) is 5.35. The van der Waals surface area contributed by atoms with Crippen LogP contribution >= 0.6 is 0 Å². The first kappa shape index (κ1) is 21.3. The van der Waals surface area contributed by atoms with Gasteiger partial charge in [0.15, 0.2) is 0 Å². The molecule has 0 aliphatic carbocycles. The van der Waals surface area contributed by atoms with Gasteiger partial charge in [0.2, 0.25) is 5.91 Å². The highest BCUT2D eigenvalue weighted by Crippen LogP contribution is 2.28. The molecule has 1 amide bonds. The van der Waals surface area contributed by atoms with Crippen LogP contribution in [-0.2, 0) is 11.3 Å². The van der Waals surface area contributed by atoms with E-state index >= 15 is 0 Å². The van der Waals surface area contributed by atoms with E-state index in [2.05, 4.69) is 40.3 Å². The van der Waals surface area contributed by atoms with E-state index in [1.54, 1.807) is 13.1 Å². The van der Waals surface area contributed by atoms with E-state index in [-0.39, 0.29) is 5.91 Å². The molecule has 0 unspecified atom stereocenters. The van der Waals surface area contributed by atoms with Crippen LogP contribution in [0.1, 0.15) is 57.9 Å². The summed E-state index contributed by atoms with van der Waals surface area (Å²) in [4.78, 5) is 21.3. The first-order chi connectivity index (χ1) is 14.2. The van der Waals surface area contributed by atoms with Crippen molar-refractivity contribution in [1.29, 1.82) is 0 Å². The molecule has 0 saturated carbocycles. The molecule has 1 aromatic heterocycles. The lowest BCUT2D eigenvalue weighted by molar-refractivity contribution is -0.116. The lowest BCUT2D eigenvalue weighted by Gasteiger charge is -2.29. The standard InChI is InChI=1S/C24H34N4O/c1-3-15-27-16-9-5-4-6-10-17-28(20(2)29)23-13-12-22(18-21(23)19-27)26-24-11-7-8-14-25-24/h7-8,11-14,18H,3-6,9-10,15-17,19H2,1-2H3,(H,25,26). The van der Waals surface area contributed by atoms with Crippen molar-refractivity contribution in [2.75, 3.05) is 29.9 Å². The average molecular weight is 395 g/mol. The number of carbonyl (C=O) groups is 1. The van der Waals surface area contributed by atoms with Gasteiger partial charge >= 0.3 is 0 Å². The van der Waals surface area contributed by atoms with E-state index in [1.165, 1.54) is 31.2 Å². The molecule has 3 rings (SSSR count). The van der Waals surface area contributed by atoms with E-state index in [4.69, 9.17) is 0 Å². The number of aromatic nitrogens is 1. The molecule has 0 saturated heterocycles. The summed E-state index contributed by atoms with van der Waals surface area (Å²) < 4.78 is 0. The van der Waals surface area contributed by atoms with Crippen LogP contribution in [0.4, 0.5) is 17.2 Å². The minimum Gasteiger partial charge on any atom is -0.340 e. The van der Waals surface area contributed by atoms with Crippen LogP contribution in [0.3, 0.4) is 0 Å². The first-order valence-corrected chi connectivity index (χ1v) is 11.0. The Labute approximate surface area is 175 Å². The minimum absolute atomic E-state index is 0.121. The average Bonchev–Trinajstić information content (AvgIpc) is 2.70. The van der Waals surface area contributed by atoms with Crippen LogP contribution in [0, 0.1) is 0 Å². The zero-order chi connectivity index (χ0) is 20.5. The summed E-state index contributed by atoms with van der Waals surface area (Å²) in [5.74, 6) is 0.949. The van der Waals surface area contributed by atoms with E-state index in [0.717, 1.165) is 56.2 Å². The lowest BCUT2D eigenvalue weighted by atomic mass is 10.1. The van der Waals surface area contributed by atoms with Crippen molar-refractivity contribution in [1.82, 2.24) is 9.88 Å². The quantitative estimate of drug-likeness (QED) is 0.759. The highest BCUT2D eigenvalue weighted by atomic mass is 16.2. The molecule has 1 N–H and O–H groups in total. The molecule has 0 bridgehead atoms. The molecular formula is C24H34N4O. The third kappa shape index (κ3) is 6.29. The van der Waals surface area contributed by atoms with Crippen LogP contribution in [0.2, 0.25) is 0 Å². The van der Waals surface area contributed by atoms with Gasteiger partial charge in [-0.05, 0) is 68.2 Å². The maximum Gasteiger partial charge on any atom is 0.223 e. The number of carbonyl (C=O) groups excluding carboxylic acids is 1. The van der Waals surface area contributed by atoms with Crippen LogP contribution < -0.4 is 10.2 Å². The summed E-state index contributed by atoms with van der Waals surface area (Å²) in [7, 11) is 0. The van der Waals surface area contributed by atoms with Crippen LogP contribution in [0.15, 0.2) is 42.6 Å². The fraction of sp³-hybridized carbons (Fsp3) is 0.500. The highest BCUT2D eigenvalue weighted by Gasteiger charge is 2.18. The zero-order valence-electron chi connectivity index (χ0n) is 17.9. The van der Waals surface area contributed by atoms with Gasteiger partial charge in [-0.1, -0.05) is 32.3 Å². The molecule has 2 heterocycles. The molecule has 29 heavy (non-hydrogen) atoms. The molecule has 1 aromatic carbocycles. The van der Waals surface area contributed by atoms with Crippen molar-refractivity contribution in [3.8, 4) is 0 Å². The number of nitrogens with zero attached hydrogens (tertiary/aromatic N) is 3. The molecule has 0 radical (unpaired) electrons. The van der Waals surface area contributed by atoms with Gasteiger partial charge in [-0.3, -0.25) is 9.69 Å². The zero-order valence-corrected chi connectivity index (χ0v) is 17.9. The van der Waals surface area contributed by atoms with Crippen molar-refractivity contribution in [3.05, 3.63) is 48.2 Å². The Morgan fingerprint density at radius 1 is 1.07 bits per heavy atom. The van der Waals surface area contributed by atoms with E-state index in [1.807, 2.05) is 23.1 Å². The van der Waals surface area contributed by atoms with Crippen molar-refractivity contribution in [2.24, 2.45) is 0 Å². The van der Waals surface area contributed by atoms with Gasteiger partial charge in [0, 0.05) is 37.6 Å². The molecule has 2 aromatic rings. The monoisotopic (exact) mass is 394 g/mol. The second kappa shape index (κ2) is 11.0. The smallest absolute Gasteiger partial charge is 0.223 e. The van der Waals surface area contributed by atoms with Crippen molar-refractivity contribution < 1.29 is 4.79 Å². The Balaban J connectivity index is 1.93. The van der Waals surface area contributed by atoms with Crippen molar-refractivity contribution in [2.45, 2.75) is 58.9 Å². The number of anilines is 3. The van der Waals surface area contributed by atoms with Crippen molar-refractivity contribution >= 4 is 23.1 Å². The summed E-state index contributed by atoms with van der Waals surface area (Å²) in [6.45, 7) is 7.77. The number of hydrogen-bond acceptors (Lipinski definition) is 4. The predicted molar refractivity (Wildman–Crippen MR) is 121 cm³/mol. The second-order valence-corrected chi connectivity index (χ2v) is 7.90. The second-order valence-electron chi connectivity index (χ2n) is 7.90. The van der Waals surface area contributed by atoms with Gasteiger partial charge in [0.1, 0.15) is 5.82 Å². The first-order valence-electron chi connectivity index (χ1n) is 11.0. The minimum atomic E-state index is 0.121. The molecule has 0 spiro atoms. The Hall–Kier alpha value is -2.40. The highest BCUT2D eigenvalue weighted by molar-refractivity contribution is 5.92. The maximum absolute atomic E-state index is 12.4. The SMILES string of the molecule is CCCN1CCCCCCCN(C(C)=O)c2ccc(Nc3ccccn3)cc2C1. The largest absolute Gasteiger partial charge is 0.340 e. The number of fused-ring (bicyclic) bond motifs is 1. The molecule has 156 valence electrons. The van der Waals surface area contributed by atoms with Gasteiger partial charge in [0.25, 0.3) is 0 Å². The number of hydrogen-bond donors (Lipinski definition) is 1. The number of rotatable bonds is 4. The van der Waals surface area contributed by atoms with Gasteiger partial charge in [-0.2, -0.15) is 0 Å². The molecular weight excluding hydrogens is 360 g/mol. The Morgan fingerprint density at radius 3 is 2.59 bits per heavy atom.